The molecule has 1 aromatic carbocycles. The summed E-state index contributed by atoms with van der Waals surface area (Å²) in [5.74, 6) is -0.458. The minimum atomic E-state index is -0.662. The van der Waals surface area contributed by atoms with Crippen molar-refractivity contribution in [2.24, 2.45) is 0 Å². The van der Waals surface area contributed by atoms with Gasteiger partial charge >= 0.3 is 5.69 Å². The fraction of sp³-hybridized carbons (Fsp3) is 0. The van der Waals surface area contributed by atoms with E-state index in [0.29, 0.717) is 10.6 Å². The Morgan fingerprint density at radius 3 is 3.00 bits per heavy atom. The number of aromatic amines is 1. The number of furan rings is 1. The Morgan fingerprint density at radius 2 is 2.22 bits per heavy atom. The second-order valence-corrected chi connectivity index (χ2v) is 4.09. The molecule has 0 unspecified atom stereocenters. The monoisotopic (exact) mass is 264 g/mol. The predicted octanol–water partition coefficient (Wildman–Crippen LogP) is 2.98. The molecule has 4 nitrogen and oxygen atoms in total. The number of aromatic nitrogens is 2. The van der Waals surface area contributed by atoms with Gasteiger partial charge in [0, 0.05) is 5.39 Å². The summed E-state index contributed by atoms with van der Waals surface area (Å²) in [6, 6.07) is 6.82. The van der Waals surface area contributed by atoms with Crippen molar-refractivity contribution in [1.82, 2.24) is 9.97 Å². The average molecular weight is 265 g/mol. The Kier molecular flexibility index (Phi) is 2.41. The number of fused-ring (bicyclic) bond motifs is 1. The quantitative estimate of drug-likeness (QED) is 0.735. The van der Waals surface area contributed by atoms with Gasteiger partial charge in [0.2, 0.25) is 0 Å². The van der Waals surface area contributed by atoms with Gasteiger partial charge in [0.15, 0.2) is 17.2 Å². The fourth-order valence-corrected chi connectivity index (χ4v) is 1.93. The maximum absolute atomic E-state index is 13.6. The van der Waals surface area contributed by atoms with Crippen LogP contribution in [-0.4, -0.2) is 9.97 Å². The maximum atomic E-state index is 13.6. The van der Waals surface area contributed by atoms with Crippen molar-refractivity contribution in [3.8, 4) is 11.5 Å². The summed E-state index contributed by atoms with van der Waals surface area (Å²) >= 11 is 5.96. The molecule has 3 aromatic rings. The summed E-state index contributed by atoms with van der Waals surface area (Å²) in [7, 11) is 0. The van der Waals surface area contributed by atoms with Crippen molar-refractivity contribution < 1.29 is 8.81 Å². The molecule has 0 fully saturated rings. The van der Waals surface area contributed by atoms with Gasteiger partial charge in [-0.25, -0.2) is 9.18 Å². The molecule has 18 heavy (non-hydrogen) atoms. The van der Waals surface area contributed by atoms with Crippen LogP contribution in [0.3, 0.4) is 0 Å². The van der Waals surface area contributed by atoms with Crippen molar-refractivity contribution in [3.05, 3.63) is 51.8 Å². The summed E-state index contributed by atoms with van der Waals surface area (Å²) in [6.45, 7) is 0. The molecule has 90 valence electrons. The second kappa shape index (κ2) is 3.96. The van der Waals surface area contributed by atoms with E-state index < -0.39 is 11.5 Å². The lowest BCUT2D eigenvalue weighted by atomic mass is 10.2. The van der Waals surface area contributed by atoms with Crippen molar-refractivity contribution in [1.29, 1.82) is 0 Å². The summed E-state index contributed by atoms with van der Waals surface area (Å²) in [6.07, 6.45) is 0.850. The molecule has 0 aliphatic rings. The van der Waals surface area contributed by atoms with Crippen LogP contribution in [0.25, 0.3) is 22.4 Å². The van der Waals surface area contributed by atoms with Crippen molar-refractivity contribution in [3.63, 3.8) is 0 Å². The zero-order chi connectivity index (χ0) is 12.7. The lowest BCUT2D eigenvalue weighted by molar-refractivity contribution is 0.587. The number of H-pyrrole nitrogens is 1. The van der Waals surface area contributed by atoms with Crippen LogP contribution in [0.2, 0.25) is 5.02 Å². The van der Waals surface area contributed by atoms with E-state index in [0.717, 1.165) is 11.6 Å². The Morgan fingerprint density at radius 1 is 1.39 bits per heavy atom. The van der Waals surface area contributed by atoms with Gasteiger partial charge < -0.3 is 9.40 Å². The minimum Gasteiger partial charge on any atom is -0.453 e. The second-order valence-electron chi connectivity index (χ2n) is 3.68. The number of nitrogens with one attached hydrogen (secondary N) is 1. The number of para-hydroxylation sites is 1. The van der Waals surface area contributed by atoms with E-state index >= 15 is 0 Å². The van der Waals surface area contributed by atoms with Crippen molar-refractivity contribution in [2.45, 2.75) is 0 Å². The first-order chi connectivity index (χ1) is 8.65. The minimum absolute atomic E-state index is 0.0396. The third kappa shape index (κ3) is 1.69. The molecule has 0 atom stereocenters. The Balaban J connectivity index is 2.29. The van der Waals surface area contributed by atoms with Crippen LogP contribution in [0.4, 0.5) is 4.39 Å². The van der Waals surface area contributed by atoms with Gasteiger partial charge in [0.1, 0.15) is 5.69 Å². The fourth-order valence-electron chi connectivity index (χ4n) is 1.71. The highest BCUT2D eigenvalue weighted by Gasteiger charge is 2.13. The van der Waals surface area contributed by atoms with Gasteiger partial charge in [-0.05, 0) is 12.1 Å². The van der Waals surface area contributed by atoms with Gasteiger partial charge in [-0.15, -0.1) is 0 Å². The first kappa shape index (κ1) is 11.0. The van der Waals surface area contributed by atoms with Crippen LogP contribution in [-0.2, 0) is 0 Å². The predicted molar refractivity (Wildman–Crippen MR) is 65.0 cm³/mol. The number of halogens is 2. The zero-order valence-corrected chi connectivity index (χ0v) is 9.66. The van der Waals surface area contributed by atoms with Crippen LogP contribution in [0.5, 0.6) is 0 Å². The van der Waals surface area contributed by atoms with Crippen LogP contribution in [0.15, 0.2) is 39.7 Å². The van der Waals surface area contributed by atoms with Crippen LogP contribution < -0.4 is 5.69 Å². The third-order valence-electron chi connectivity index (χ3n) is 2.51. The summed E-state index contributed by atoms with van der Waals surface area (Å²) < 4.78 is 19.0. The maximum Gasteiger partial charge on any atom is 0.345 e. The molecule has 1 N–H and O–H groups in total. The van der Waals surface area contributed by atoms with Crippen molar-refractivity contribution in [2.75, 3.05) is 0 Å². The summed E-state index contributed by atoms with van der Waals surface area (Å²) in [5.41, 5.74) is -0.230. The molecular weight excluding hydrogens is 259 g/mol. The highest BCUT2D eigenvalue weighted by atomic mass is 35.5. The number of hydrogen-bond donors (Lipinski definition) is 1. The lowest BCUT2D eigenvalue weighted by Gasteiger charge is -1.96. The summed E-state index contributed by atoms with van der Waals surface area (Å²) in [4.78, 5) is 16.7. The topological polar surface area (TPSA) is 58.9 Å². The Hall–Kier alpha value is -2.14. The SMILES string of the molecule is O=c1ncc(F)c(-c2cc3cccc(Cl)c3o2)[nH]1. The lowest BCUT2D eigenvalue weighted by Crippen LogP contribution is -2.11. The van der Waals surface area contributed by atoms with Gasteiger partial charge in [-0.1, -0.05) is 23.7 Å². The van der Waals surface area contributed by atoms with Gasteiger partial charge in [0.25, 0.3) is 0 Å². The first-order valence-corrected chi connectivity index (χ1v) is 5.46. The van der Waals surface area contributed by atoms with Gasteiger partial charge in [-0.3, -0.25) is 0 Å². The van der Waals surface area contributed by atoms with E-state index in [4.69, 9.17) is 16.0 Å². The van der Waals surface area contributed by atoms with Crippen LogP contribution >= 0.6 is 11.6 Å². The van der Waals surface area contributed by atoms with E-state index in [1.165, 1.54) is 0 Å². The van der Waals surface area contributed by atoms with E-state index in [-0.39, 0.29) is 11.5 Å². The highest BCUT2D eigenvalue weighted by Crippen LogP contribution is 2.31. The molecule has 0 spiro atoms. The molecule has 6 heteroatoms. The Labute approximate surface area is 105 Å². The molecule has 0 bridgehead atoms. The largest absolute Gasteiger partial charge is 0.453 e. The van der Waals surface area contributed by atoms with E-state index in [1.807, 2.05) is 0 Å². The van der Waals surface area contributed by atoms with Crippen molar-refractivity contribution >= 4 is 22.6 Å². The number of rotatable bonds is 1. The molecule has 0 amide bonds. The smallest absolute Gasteiger partial charge is 0.345 e. The molecule has 3 rings (SSSR count). The average Bonchev–Trinajstić information content (AvgIpc) is 2.77. The third-order valence-corrected chi connectivity index (χ3v) is 2.81. The van der Waals surface area contributed by atoms with E-state index in [9.17, 15) is 9.18 Å². The van der Waals surface area contributed by atoms with Crippen LogP contribution in [0.1, 0.15) is 0 Å². The number of hydrogen-bond acceptors (Lipinski definition) is 3. The van der Waals surface area contributed by atoms with E-state index in [1.54, 1.807) is 24.3 Å². The molecule has 2 heterocycles. The summed E-state index contributed by atoms with van der Waals surface area (Å²) in [5, 5.41) is 1.16. The number of benzene rings is 1. The molecule has 2 aromatic heterocycles. The first-order valence-electron chi connectivity index (χ1n) is 5.08. The standard InChI is InChI=1S/C12H6ClFN2O2/c13-7-3-1-2-6-4-9(18-11(6)7)10-8(14)5-15-12(17)16-10/h1-5H,(H,15,16,17). The number of nitrogens with zero attached hydrogens (tertiary/aromatic N) is 1. The molecule has 0 aliphatic carbocycles. The van der Waals surface area contributed by atoms with E-state index in [2.05, 4.69) is 9.97 Å². The molecule has 0 aliphatic heterocycles. The normalized spacial score (nSPS) is 11.0. The van der Waals surface area contributed by atoms with Crippen LogP contribution in [0, 0.1) is 5.82 Å². The molecule has 0 saturated heterocycles. The highest BCUT2D eigenvalue weighted by molar-refractivity contribution is 6.34. The molecular formula is C12H6ClFN2O2. The Bertz CT molecular complexity index is 794. The zero-order valence-electron chi connectivity index (χ0n) is 8.91. The molecule has 0 saturated carbocycles. The molecule has 0 radical (unpaired) electrons. The van der Waals surface area contributed by atoms with Gasteiger partial charge in [0.05, 0.1) is 11.2 Å². The van der Waals surface area contributed by atoms with Gasteiger partial charge in [-0.2, -0.15) is 4.98 Å².